The van der Waals surface area contributed by atoms with Crippen LogP contribution in [-0.2, 0) is 27.3 Å². The van der Waals surface area contributed by atoms with E-state index in [9.17, 15) is 9.59 Å². The summed E-state index contributed by atoms with van der Waals surface area (Å²) in [6.45, 7) is 4.19. The number of amides is 1. The van der Waals surface area contributed by atoms with Gasteiger partial charge in [-0.25, -0.2) is 5.43 Å². The SMILES string of the molecule is CCOC(=O)Cn1c(C)c(/C=N\NC(=O)Cc2ccccc2)c2ccccc21. The van der Waals surface area contributed by atoms with E-state index in [0.29, 0.717) is 6.61 Å². The Labute approximate surface area is 163 Å². The van der Waals surface area contributed by atoms with Gasteiger partial charge in [0.1, 0.15) is 6.54 Å². The molecule has 6 heteroatoms. The van der Waals surface area contributed by atoms with Crippen molar-refractivity contribution in [1.29, 1.82) is 0 Å². The molecule has 0 aliphatic carbocycles. The van der Waals surface area contributed by atoms with Crippen LogP contribution in [0, 0.1) is 6.92 Å². The van der Waals surface area contributed by atoms with Crippen LogP contribution in [0.2, 0.25) is 0 Å². The summed E-state index contributed by atoms with van der Waals surface area (Å²) in [4.78, 5) is 24.0. The number of carbonyl (C=O) groups excluding carboxylic acids is 2. The molecule has 144 valence electrons. The maximum atomic E-state index is 12.1. The molecule has 2 aromatic carbocycles. The lowest BCUT2D eigenvalue weighted by molar-refractivity contribution is -0.143. The van der Waals surface area contributed by atoms with Crippen molar-refractivity contribution < 1.29 is 14.3 Å². The number of nitrogens with one attached hydrogen (secondary N) is 1. The van der Waals surface area contributed by atoms with Crippen molar-refractivity contribution in [1.82, 2.24) is 9.99 Å². The second-order valence-electron chi connectivity index (χ2n) is 6.36. The van der Waals surface area contributed by atoms with Gasteiger partial charge in [-0.2, -0.15) is 5.10 Å². The molecule has 1 aromatic heterocycles. The molecule has 0 atom stereocenters. The first kappa shape index (κ1) is 19.4. The highest BCUT2D eigenvalue weighted by Gasteiger charge is 2.15. The van der Waals surface area contributed by atoms with Crippen molar-refractivity contribution in [2.45, 2.75) is 26.8 Å². The van der Waals surface area contributed by atoms with Gasteiger partial charge in [0.05, 0.1) is 19.2 Å². The molecule has 0 aliphatic rings. The molecular weight excluding hydrogens is 354 g/mol. The highest BCUT2D eigenvalue weighted by molar-refractivity contribution is 6.01. The van der Waals surface area contributed by atoms with Gasteiger partial charge < -0.3 is 9.30 Å². The molecule has 0 saturated heterocycles. The first-order chi connectivity index (χ1) is 13.6. The number of aromatic nitrogens is 1. The van der Waals surface area contributed by atoms with Gasteiger partial charge in [0.25, 0.3) is 0 Å². The normalized spacial score (nSPS) is 11.1. The fourth-order valence-corrected chi connectivity index (χ4v) is 3.15. The van der Waals surface area contributed by atoms with Gasteiger partial charge in [-0.05, 0) is 25.5 Å². The highest BCUT2D eigenvalue weighted by atomic mass is 16.5. The van der Waals surface area contributed by atoms with E-state index in [4.69, 9.17) is 4.74 Å². The van der Waals surface area contributed by atoms with Gasteiger partial charge in [0, 0.05) is 22.2 Å². The second-order valence-corrected chi connectivity index (χ2v) is 6.36. The minimum absolute atomic E-state index is 0.133. The number of ether oxygens (including phenoxy) is 1. The number of hydrogen-bond acceptors (Lipinski definition) is 4. The minimum atomic E-state index is -0.286. The van der Waals surface area contributed by atoms with Crippen molar-refractivity contribution in [2.24, 2.45) is 5.10 Å². The van der Waals surface area contributed by atoms with Crippen molar-refractivity contribution >= 4 is 29.0 Å². The third-order valence-corrected chi connectivity index (χ3v) is 4.46. The van der Waals surface area contributed by atoms with E-state index in [1.807, 2.05) is 66.1 Å². The van der Waals surface area contributed by atoms with E-state index >= 15 is 0 Å². The maximum Gasteiger partial charge on any atom is 0.325 e. The predicted molar refractivity (Wildman–Crippen MR) is 109 cm³/mol. The van der Waals surface area contributed by atoms with Crippen LogP contribution in [0.1, 0.15) is 23.7 Å². The standard InChI is InChI=1S/C22H23N3O3/c1-3-28-22(27)15-25-16(2)19(18-11-7-8-12-20(18)25)14-23-24-21(26)13-17-9-5-4-6-10-17/h4-12,14H,3,13,15H2,1-2H3,(H,24,26)/b23-14-. The zero-order chi connectivity index (χ0) is 19.9. The number of carbonyl (C=O) groups is 2. The van der Waals surface area contributed by atoms with Crippen LogP contribution < -0.4 is 5.43 Å². The van der Waals surface area contributed by atoms with Crippen molar-refractivity contribution in [3.63, 3.8) is 0 Å². The fraction of sp³-hybridized carbons (Fsp3) is 0.227. The van der Waals surface area contributed by atoms with Gasteiger partial charge >= 0.3 is 5.97 Å². The monoisotopic (exact) mass is 377 g/mol. The van der Waals surface area contributed by atoms with Gasteiger partial charge in [-0.1, -0.05) is 48.5 Å². The van der Waals surface area contributed by atoms with Gasteiger partial charge in [0.15, 0.2) is 0 Å². The zero-order valence-electron chi connectivity index (χ0n) is 16.0. The Morgan fingerprint density at radius 2 is 1.82 bits per heavy atom. The molecule has 3 aromatic rings. The van der Waals surface area contributed by atoms with E-state index in [1.54, 1.807) is 13.1 Å². The summed E-state index contributed by atoms with van der Waals surface area (Å²) >= 11 is 0. The fourth-order valence-electron chi connectivity index (χ4n) is 3.15. The molecule has 0 fully saturated rings. The highest BCUT2D eigenvalue weighted by Crippen LogP contribution is 2.24. The molecule has 0 unspecified atom stereocenters. The lowest BCUT2D eigenvalue weighted by atomic mass is 10.1. The van der Waals surface area contributed by atoms with E-state index < -0.39 is 0 Å². The Bertz CT molecular complexity index is 1010. The third-order valence-electron chi connectivity index (χ3n) is 4.46. The van der Waals surface area contributed by atoms with Crippen LogP contribution in [0.4, 0.5) is 0 Å². The molecule has 1 N–H and O–H groups in total. The molecule has 3 rings (SSSR count). The average Bonchev–Trinajstić information content (AvgIpc) is 2.95. The number of fused-ring (bicyclic) bond motifs is 1. The summed E-state index contributed by atoms with van der Waals surface area (Å²) in [5, 5.41) is 5.09. The minimum Gasteiger partial charge on any atom is -0.465 e. The summed E-state index contributed by atoms with van der Waals surface area (Å²) in [6.07, 6.45) is 1.89. The molecular formula is C22H23N3O3. The number of nitrogens with zero attached hydrogens (tertiary/aromatic N) is 2. The van der Waals surface area contributed by atoms with Crippen molar-refractivity contribution in [3.8, 4) is 0 Å². The summed E-state index contributed by atoms with van der Waals surface area (Å²) in [6, 6.07) is 17.3. The first-order valence-electron chi connectivity index (χ1n) is 9.19. The van der Waals surface area contributed by atoms with Crippen LogP contribution in [0.5, 0.6) is 0 Å². The first-order valence-corrected chi connectivity index (χ1v) is 9.19. The van der Waals surface area contributed by atoms with E-state index in [0.717, 1.165) is 27.7 Å². The molecule has 0 radical (unpaired) electrons. The number of hydrogen-bond donors (Lipinski definition) is 1. The Hall–Kier alpha value is -3.41. The Morgan fingerprint density at radius 1 is 1.11 bits per heavy atom. The molecule has 28 heavy (non-hydrogen) atoms. The van der Waals surface area contributed by atoms with Crippen LogP contribution in [0.15, 0.2) is 59.7 Å². The molecule has 0 aliphatic heterocycles. The van der Waals surface area contributed by atoms with Crippen LogP contribution in [0.25, 0.3) is 10.9 Å². The number of benzene rings is 2. The van der Waals surface area contributed by atoms with E-state index in [2.05, 4.69) is 10.5 Å². The largest absolute Gasteiger partial charge is 0.465 e. The molecule has 6 nitrogen and oxygen atoms in total. The summed E-state index contributed by atoms with van der Waals surface area (Å²) in [5.41, 5.74) is 6.17. The maximum absolute atomic E-state index is 12.1. The lowest BCUT2D eigenvalue weighted by Gasteiger charge is -2.07. The average molecular weight is 377 g/mol. The second kappa shape index (κ2) is 8.99. The summed E-state index contributed by atoms with van der Waals surface area (Å²) < 4.78 is 6.98. The van der Waals surface area contributed by atoms with Crippen LogP contribution >= 0.6 is 0 Å². The summed E-state index contributed by atoms with van der Waals surface area (Å²) in [5.74, 6) is -0.471. The molecule has 1 heterocycles. The van der Waals surface area contributed by atoms with E-state index in [1.165, 1.54) is 0 Å². The van der Waals surface area contributed by atoms with Crippen molar-refractivity contribution in [3.05, 3.63) is 71.4 Å². The van der Waals surface area contributed by atoms with Gasteiger partial charge in [-0.3, -0.25) is 9.59 Å². The Kier molecular flexibility index (Phi) is 6.22. The zero-order valence-corrected chi connectivity index (χ0v) is 16.0. The number of hydrazone groups is 1. The number of esters is 1. The smallest absolute Gasteiger partial charge is 0.325 e. The quantitative estimate of drug-likeness (QED) is 0.390. The number of para-hydroxylation sites is 1. The van der Waals surface area contributed by atoms with Gasteiger partial charge in [-0.15, -0.1) is 0 Å². The lowest BCUT2D eigenvalue weighted by Crippen LogP contribution is -2.19. The molecule has 0 saturated carbocycles. The number of rotatable bonds is 7. The molecule has 0 bridgehead atoms. The summed E-state index contributed by atoms with van der Waals surface area (Å²) in [7, 11) is 0. The Morgan fingerprint density at radius 3 is 2.57 bits per heavy atom. The topological polar surface area (TPSA) is 72.7 Å². The molecule has 1 amide bonds. The third kappa shape index (κ3) is 4.46. The van der Waals surface area contributed by atoms with Crippen molar-refractivity contribution in [2.75, 3.05) is 6.61 Å². The van der Waals surface area contributed by atoms with Crippen LogP contribution in [-0.4, -0.2) is 29.3 Å². The van der Waals surface area contributed by atoms with E-state index in [-0.39, 0.29) is 24.8 Å². The Balaban J connectivity index is 1.78. The van der Waals surface area contributed by atoms with Crippen LogP contribution in [0.3, 0.4) is 0 Å². The molecule has 0 spiro atoms. The predicted octanol–water partition coefficient (Wildman–Crippen LogP) is 3.21. The van der Waals surface area contributed by atoms with Gasteiger partial charge in [0.2, 0.25) is 5.91 Å².